The Balaban J connectivity index is 0.000000415. The summed E-state index contributed by atoms with van der Waals surface area (Å²) in [6, 6.07) is 0.728. The molecule has 0 aromatic heterocycles. The molecule has 0 aromatic carbocycles. The molecule has 2 heterocycles. The molecule has 0 bridgehead atoms. The van der Waals surface area contributed by atoms with Gasteiger partial charge in [-0.2, -0.15) is 0 Å². The summed E-state index contributed by atoms with van der Waals surface area (Å²) >= 11 is 0. The van der Waals surface area contributed by atoms with Gasteiger partial charge < -0.3 is 4.74 Å². The van der Waals surface area contributed by atoms with E-state index in [1.807, 2.05) is 27.7 Å². The predicted octanol–water partition coefficient (Wildman–Crippen LogP) is 3.66. The first-order valence-corrected chi connectivity index (χ1v) is 8.29. The minimum atomic E-state index is 0.387. The van der Waals surface area contributed by atoms with Crippen LogP contribution in [0.1, 0.15) is 59.8 Å². The van der Waals surface area contributed by atoms with Gasteiger partial charge in [0.25, 0.3) is 0 Å². The van der Waals surface area contributed by atoms with E-state index in [4.69, 9.17) is 12.6 Å². The Morgan fingerprint density at radius 3 is 2.21 bits per heavy atom. The quantitative estimate of drug-likeness (QED) is 0.620. The number of hydrogen-bond donors (Lipinski definition) is 0. The van der Waals surface area contributed by atoms with E-state index < -0.39 is 0 Å². The molecule has 1 aliphatic carbocycles. The van der Waals surface area contributed by atoms with Crippen molar-refractivity contribution in [2.45, 2.75) is 77.2 Å². The summed E-state index contributed by atoms with van der Waals surface area (Å²) < 4.78 is 5.42. The summed E-state index contributed by atoms with van der Waals surface area (Å²) in [7, 11) is 8.53. The maximum absolute atomic E-state index is 6.24. The SMILES string of the molecule is CC.CC.[B]C1CCCC2C1CCC1(COC1)N2C. The van der Waals surface area contributed by atoms with Gasteiger partial charge in [-0.3, -0.25) is 4.90 Å². The smallest absolute Gasteiger partial charge is 0.0704 e. The second-order valence-corrected chi connectivity index (χ2v) is 5.69. The van der Waals surface area contributed by atoms with Crippen LogP contribution in [0.2, 0.25) is 5.82 Å². The van der Waals surface area contributed by atoms with Crippen molar-refractivity contribution >= 4 is 7.85 Å². The molecule has 2 nitrogen and oxygen atoms in total. The molecule has 3 rings (SSSR count). The third-order valence-corrected chi connectivity index (χ3v) is 5.01. The number of nitrogens with zero attached hydrogens (tertiary/aromatic N) is 1. The number of fused-ring (bicyclic) bond motifs is 1. The molecule has 1 spiro atoms. The molecule has 3 fully saturated rings. The second kappa shape index (κ2) is 7.68. The Morgan fingerprint density at radius 1 is 1.05 bits per heavy atom. The molecule has 110 valence electrons. The Hall–Kier alpha value is -0.0151. The highest BCUT2D eigenvalue weighted by atomic mass is 16.5. The van der Waals surface area contributed by atoms with E-state index >= 15 is 0 Å². The molecule has 0 N–H and O–H groups in total. The summed E-state index contributed by atoms with van der Waals surface area (Å²) in [5.41, 5.74) is 0.387. The van der Waals surface area contributed by atoms with Gasteiger partial charge in [0, 0.05) is 6.04 Å². The summed E-state index contributed by atoms with van der Waals surface area (Å²) in [6.07, 6.45) is 6.50. The van der Waals surface area contributed by atoms with Crippen LogP contribution in [0.25, 0.3) is 0 Å². The van der Waals surface area contributed by atoms with E-state index in [1.165, 1.54) is 32.1 Å². The van der Waals surface area contributed by atoms with Gasteiger partial charge in [0.15, 0.2) is 0 Å². The average molecular weight is 265 g/mol. The number of hydrogen-bond acceptors (Lipinski definition) is 2. The Labute approximate surface area is 121 Å². The zero-order valence-electron chi connectivity index (χ0n) is 13.6. The van der Waals surface area contributed by atoms with Crippen LogP contribution >= 0.6 is 0 Å². The average Bonchev–Trinajstić information content (AvgIpc) is 2.43. The van der Waals surface area contributed by atoms with Gasteiger partial charge >= 0.3 is 0 Å². The third-order valence-electron chi connectivity index (χ3n) is 5.01. The van der Waals surface area contributed by atoms with Crippen molar-refractivity contribution in [1.82, 2.24) is 4.90 Å². The number of ether oxygens (including phenoxy) is 1. The van der Waals surface area contributed by atoms with Crippen LogP contribution in [0.3, 0.4) is 0 Å². The first-order chi connectivity index (χ1) is 9.23. The van der Waals surface area contributed by atoms with Gasteiger partial charge in [0.1, 0.15) is 0 Å². The highest BCUT2D eigenvalue weighted by Gasteiger charge is 2.51. The summed E-state index contributed by atoms with van der Waals surface area (Å²) in [5.74, 6) is 1.19. The van der Waals surface area contributed by atoms with E-state index in [9.17, 15) is 0 Å². The zero-order valence-corrected chi connectivity index (χ0v) is 13.6. The summed E-state index contributed by atoms with van der Waals surface area (Å²) in [5, 5.41) is 0. The van der Waals surface area contributed by atoms with Gasteiger partial charge in [-0.25, -0.2) is 0 Å². The number of likely N-dealkylation sites (N-methyl/N-ethyl adjacent to an activating group) is 1. The van der Waals surface area contributed by atoms with Gasteiger partial charge in [-0.15, -0.1) is 0 Å². The van der Waals surface area contributed by atoms with Crippen LogP contribution in [-0.4, -0.2) is 44.6 Å². The highest BCUT2D eigenvalue weighted by Crippen LogP contribution is 2.47. The first-order valence-electron chi connectivity index (χ1n) is 8.29. The van der Waals surface area contributed by atoms with Gasteiger partial charge in [0.05, 0.1) is 26.6 Å². The lowest BCUT2D eigenvalue weighted by Crippen LogP contribution is -2.68. The van der Waals surface area contributed by atoms with Crippen LogP contribution in [0.4, 0.5) is 0 Å². The van der Waals surface area contributed by atoms with Crippen LogP contribution in [0.15, 0.2) is 0 Å². The van der Waals surface area contributed by atoms with E-state index in [-0.39, 0.29) is 0 Å². The van der Waals surface area contributed by atoms with Gasteiger partial charge in [0.2, 0.25) is 0 Å². The maximum atomic E-state index is 6.24. The molecule has 0 aromatic rings. The van der Waals surface area contributed by atoms with Crippen molar-refractivity contribution in [3.05, 3.63) is 0 Å². The lowest BCUT2D eigenvalue weighted by Gasteiger charge is -2.59. The lowest BCUT2D eigenvalue weighted by molar-refractivity contribution is -0.177. The van der Waals surface area contributed by atoms with E-state index in [1.54, 1.807) is 0 Å². The Bertz CT molecular complexity index is 255. The monoisotopic (exact) mass is 265 g/mol. The molecule has 2 saturated heterocycles. The molecule has 3 atom stereocenters. The van der Waals surface area contributed by atoms with Crippen LogP contribution in [0.5, 0.6) is 0 Å². The van der Waals surface area contributed by atoms with Gasteiger partial charge in [-0.1, -0.05) is 46.4 Å². The molecule has 2 aliphatic heterocycles. The largest absolute Gasteiger partial charge is 0.377 e. The molecule has 19 heavy (non-hydrogen) atoms. The number of likely N-dealkylation sites (tertiary alicyclic amines) is 1. The molecular weight excluding hydrogens is 233 g/mol. The third kappa shape index (κ3) is 3.18. The van der Waals surface area contributed by atoms with Crippen molar-refractivity contribution in [2.24, 2.45) is 5.92 Å². The lowest BCUT2D eigenvalue weighted by atomic mass is 9.60. The molecule has 3 aliphatic rings. The van der Waals surface area contributed by atoms with Crippen molar-refractivity contribution in [3.63, 3.8) is 0 Å². The van der Waals surface area contributed by atoms with E-state index in [2.05, 4.69) is 11.9 Å². The number of piperidine rings is 1. The van der Waals surface area contributed by atoms with Crippen LogP contribution < -0.4 is 0 Å². The number of rotatable bonds is 0. The van der Waals surface area contributed by atoms with E-state index in [0.29, 0.717) is 11.4 Å². The zero-order chi connectivity index (χ0) is 14.5. The first kappa shape index (κ1) is 17.0. The molecule has 0 amide bonds. The van der Waals surface area contributed by atoms with Crippen molar-refractivity contribution in [1.29, 1.82) is 0 Å². The van der Waals surface area contributed by atoms with Crippen molar-refractivity contribution in [2.75, 3.05) is 20.3 Å². The topological polar surface area (TPSA) is 12.5 Å². The highest BCUT2D eigenvalue weighted by molar-refractivity contribution is 6.11. The standard InChI is InChI=1S/C12H20BNO.2C2H6/c1-14-11-4-2-3-10(13)9(11)5-6-12(14)7-15-8-12;2*1-2/h9-11H,2-8H2,1H3;2*1-2H3. The fourth-order valence-corrected chi connectivity index (χ4v) is 3.81. The van der Waals surface area contributed by atoms with Gasteiger partial charge in [-0.05, 0) is 32.2 Å². The normalized spacial score (nSPS) is 35.9. The molecule has 3 heteroatoms. The summed E-state index contributed by atoms with van der Waals surface area (Å²) in [4.78, 5) is 2.60. The fraction of sp³-hybridized carbons (Fsp3) is 1.00. The maximum Gasteiger partial charge on any atom is 0.0704 e. The molecular formula is C16H32BNO. The fourth-order valence-electron chi connectivity index (χ4n) is 3.81. The Kier molecular flexibility index (Phi) is 6.89. The minimum absolute atomic E-state index is 0.387. The predicted molar refractivity (Wildman–Crippen MR) is 83.9 cm³/mol. The molecule has 1 saturated carbocycles. The minimum Gasteiger partial charge on any atom is -0.377 e. The van der Waals surface area contributed by atoms with E-state index in [0.717, 1.165) is 25.2 Å². The van der Waals surface area contributed by atoms with Crippen molar-refractivity contribution < 1.29 is 4.74 Å². The van der Waals surface area contributed by atoms with Crippen LogP contribution in [-0.2, 0) is 4.74 Å². The molecule has 2 radical (unpaired) electrons. The second-order valence-electron chi connectivity index (χ2n) is 5.69. The summed E-state index contributed by atoms with van der Waals surface area (Å²) in [6.45, 7) is 9.89. The van der Waals surface area contributed by atoms with Crippen LogP contribution in [0, 0.1) is 5.92 Å². The van der Waals surface area contributed by atoms with Crippen molar-refractivity contribution in [3.8, 4) is 0 Å². The molecule has 3 unspecified atom stereocenters. The Morgan fingerprint density at radius 2 is 1.68 bits per heavy atom.